The molecule has 0 bridgehead atoms. The predicted molar refractivity (Wildman–Crippen MR) is 195 cm³/mol. The zero-order valence-electron chi connectivity index (χ0n) is 28.5. The largest absolute Gasteiger partial charge is 0.380 e. The summed E-state index contributed by atoms with van der Waals surface area (Å²) in [5.41, 5.74) is 0.312. The Morgan fingerprint density at radius 2 is 1.72 bits per heavy atom. The Kier molecular flexibility index (Phi) is 10.5. The van der Waals surface area contributed by atoms with Gasteiger partial charge in [0.05, 0.1) is 38.0 Å². The number of pyridine rings is 1. The molecule has 1 aliphatic carbocycles. The van der Waals surface area contributed by atoms with Crippen molar-refractivity contribution < 1.29 is 26.5 Å². The lowest BCUT2D eigenvalue weighted by Crippen LogP contribution is -2.49. The second-order valence-electron chi connectivity index (χ2n) is 14.1. The van der Waals surface area contributed by atoms with Gasteiger partial charge in [-0.3, -0.25) is 9.78 Å². The van der Waals surface area contributed by atoms with E-state index in [2.05, 4.69) is 15.0 Å². The van der Waals surface area contributed by atoms with E-state index in [1.165, 1.54) is 19.2 Å². The highest BCUT2D eigenvalue weighted by Gasteiger charge is 2.45. The van der Waals surface area contributed by atoms with E-state index in [4.69, 9.17) is 16.3 Å². The molecule has 1 amide bonds. The maximum absolute atomic E-state index is 15.6. The first-order valence-electron chi connectivity index (χ1n) is 16.7. The number of ether oxygens (including phenoxy) is 1. The van der Waals surface area contributed by atoms with Crippen LogP contribution in [0.3, 0.4) is 0 Å². The van der Waals surface area contributed by atoms with Gasteiger partial charge in [0.25, 0.3) is 0 Å². The molecule has 4 atom stereocenters. The topological polar surface area (TPSA) is 118 Å². The fourth-order valence-electron chi connectivity index (χ4n) is 6.44. The number of methoxy groups -OCH3 is 1. The van der Waals surface area contributed by atoms with Crippen molar-refractivity contribution in [1.29, 1.82) is 0 Å². The number of hydrogen-bond donors (Lipinski definition) is 2. The van der Waals surface area contributed by atoms with Gasteiger partial charge in [-0.05, 0) is 110 Å². The lowest BCUT2D eigenvalue weighted by molar-refractivity contribution is -0.119. The molecule has 2 aliphatic rings. The fourth-order valence-corrected chi connectivity index (χ4v) is 9.24. The number of benzene rings is 3. The van der Waals surface area contributed by atoms with Gasteiger partial charge < -0.3 is 10.1 Å². The molecule has 2 N–H and O–H groups in total. The highest BCUT2D eigenvalue weighted by molar-refractivity contribution is 7.89. The third-order valence-electron chi connectivity index (χ3n) is 9.57. The highest BCUT2D eigenvalue weighted by Crippen LogP contribution is 2.43. The Labute approximate surface area is 300 Å². The summed E-state index contributed by atoms with van der Waals surface area (Å²) in [6.07, 6.45) is 6.54. The van der Waals surface area contributed by atoms with Crippen molar-refractivity contribution in [3.05, 3.63) is 101 Å². The Bertz CT molecular complexity index is 2020. The van der Waals surface area contributed by atoms with E-state index in [1.807, 2.05) is 32.9 Å². The molecule has 0 spiro atoms. The molecule has 13 heteroatoms. The van der Waals surface area contributed by atoms with Crippen molar-refractivity contribution in [1.82, 2.24) is 14.0 Å². The number of carbonyl (C=O) groups excluding carboxylic acids is 1. The van der Waals surface area contributed by atoms with Crippen LogP contribution in [-0.2, 0) is 36.1 Å². The number of amides is 1. The van der Waals surface area contributed by atoms with Gasteiger partial charge in [0.15, 0.2) is 0 Å². The summed E-state index contributed by atoms with van der Waals surface area (Å²) in [7, 11) is -4.22. The van der Waals surface area contributed by atoms with Crippen LogP contribution in [0, 0.1) is 11.7 Å². The van der Waals surface area contributed by atoms with E-state index in [1.54, 1.807) is 54.9 Å². The molecule has 0 radical (unpaired) electrons. The lowest BCUT2D eigenvalue weighted by Gasteiger charge is -2.38. The summed E-state index contributed by atoms with van der Waals surface area (Å²) in [5, 5.41) is 4.69. The standard InChI is InChI=1S/C37H42ClFN4O5S2/c1-36(2,3)49(45)42-37(16-13-24-5-6-24,27-14-17-40-18-15-27)28-9-12-32(39)33(21-28)41-35(44)34-22-30(48-4)23-43(34)50(46,47)31-11-8-25-19-29(38)10-7-26(25)20-31/h7-12,14-15,17-21,24,30,34,42H,5-6,13,16,22-23H2,1-4H3,(H,41,44)/t30-,34-,37?,49-/m1/s1. The summed E-state index contributed by atoms with van der Waals surface area (Å²) in [6, 6.07) is 16.9. The van der Waals surface area contributed by atoms with Gasteiger partial charge in [-0.25, -0.2) is 21.7 Å². The molecule has 2 heterocycles. The van der Waals surface area contributed by atoms with E-state index in [-0.39, 0.29) is 23.5 Å². The van der Waals surface area contributed by atoms with Gasteiger partial charge >= 0.3 is 0 Å². The van der Waals surface area contributed by atoms with E-state index in [0.717, 1.165) is 34.5 Å². The SMILES string of the molecule is CO[C@@H]1C[C@H](C(=O)Nc2cc(C(CCC3CC3)(N[S@](=O)C(C)(C)C)c3ccncc3)ccc2F)N(S(=O)(=O)c2ccc3cc(Cl)ccc3c2)C1. The summed E-state index contributed by atoms with van der Waals surface area (Å²) in [5.74, 6) is -0.825. The third-order valence-corrected chi connectivity index (χ3v) is 13.3. The van der Waals surface area contributed by atoms with Crippen molar-refractivity contribution in [3.8, 4) is 0 Å². The molecule has 1 aliphatic heterocycles. The molecular weight excluding hydrogens is 699 g/mol. The van der Waals surface area contributed by atoms with Gasteiger partial charge in [-0.2, -0.15) is 4.31 Å². The van der Waals surface area contributed by atoms with Crippen molar-refractivity contribution in [3.63, 3.8) is 0 Å². The number of nitrogens with one attached hydrogen (secondary N) is 2. The molecule has 1 aromatic heterocycles. The quantitative estimate of drug-likeness (QED) is 0.163. The normalized spacial score (nSPS) is 20.4. The Balaban J connectivity index is 1.35. The number of halogens is 2. The van der Waals surface area contributed by atoms with Gasteiger partial charge in [0, 0.05) is 37.5 Å². The molecule has 6 rings (SSSR count). The Hall–Kier alpha value is -3.26. The van der Waals surface area contributed by atoms with Crippen LogP contribution >= 0.6 is 11.6 Å². The van der Waals surface area contributed by atoms with Crippen molar-refractivity contribution in [2.75, 3.05) is 19.0 Å². The van der Waals surface area contributed by atoms with Gasteiger partial charge in [-0.1, -0.05) is 42.6 Å². The van der Waals surface area contributed by atoms with Crippen molar-refractivity contribution in [2.45, 2.75) is 80.2 Å². The Morgan fingerprint density at radius 3 is 2.40 bits per heavy atom. The molecule has 1 saturated carbocycles. The molecular formula is C37H42ClFN4O5S2. The van der Waals surface area contributed by atoms with Crippen LogP contribution in [0.25, 0.3) is 10.8 Å². The predicted octanol–water partition coefficient (Wildman–Crippen LogP) is 6.93. The second kappa shape index (κ2) is 14.4. The van der Waals surface area contributed by atoms with Crippen LogP contribution in [0.15, 0.2) is 84.0 Å². The molecule has 9 nitrogen and oxygen atoms in total. The number of nitrogens with zero attached hydrogens (tertiary/aromatic N) is 2. The fraction of sp³-hybridized carbons (Fsp3) is 0.405. The number of sulfonamides is 1. The van der Waals surface area contributed by atoms with Gasteiger partial charge in [0.2, 0.25) is 15.9 Å². The summed E-state index contributed by atoms with van der Waals surface area (Å²) < 4.78 is 66.9. The molecule has 4 aromatic rings. The third kappa shape index (κ3) is 7.66. The number of aromatic nitrogens is 1. The first-order chi connectivity index (χ1) is 23.7. The number of fused-ring (bicyclic) bond motifs is 1. The van der Waals surface area contributed by atoms with Crippen LogP contribution in [0.2, 0.25) is 5.02 Å². The first-order valence-corrected chi connectivity index (χ1v) is 19.6. The minimum Gasteiger partial charge on any atom is -0.380 e. The number of carbonyl (C=O) groups is 1. The van der Waals surface area contributed by atoms with Gasteiger partial charge in [-0.15, -0.1) is 0 Å². The van der Waals surface area contributed by atoms with E-state index in [9.17, 15) is 17.4 Å². The van der Waals surface area contributed by atoms with Crippen molar-refractivity contribution >= 4 is 55.0 Å². The maximum atomic E-state index is 15.6. The number of hydrogen-bond acceptors (Lipinski definition) is 6. The molecule has 50 heavy (non-hydrogen) atoms. The number of rotatable bonds is 12. The summed E-state index contributed by atoms with van der Waals surface area (Å²) >= 11 is 6.12. The molecule has 1 unspecified atom stereocenters. The second-order valence-corrected chi connectivity index (χ2v) is 18.4. The maximum Gasteiger partial charge on any atom is 0.243 e. The number of anilines is 1. The lowest BCUT2D eigenvalue weighted by atomic mass is 9.79. The van der Waals surface area contributed by atoms with E-state index < -0.39 is 55.2 Å². The van der Waals surface area contributed by atoms with Gasteiger partial charge in [0.1, 0.15) is 11.9 Å². The molecule has 2 fully saturated rings. The van der Waals surface area contributed by atoms with Crippen LogP contribution in [0.1, 0.15) is 64.0 Å². The van der Waals surface area contributed by atoms with Crippen LogP contribution in [0.4, 0.5) is 10.1 Å². The minimum absolute atomic E-state index is 0.0192. The average molecular weight is 741 g/mol. The minimum atomic E-state index is -4.17. The zero-order valence-corrected chi connectivity index (χ0v) is 30.9. The average Bonchev–Trinajstić information content (AvgIpc) is 3.82. The van der Waals surface area contributed by atoms with Crippen LogP contribution in [0.5, 0.6) is 0 Å². The van der Waals surface area contributed by atoms with Crippen LogP contribution < -0.4 is 10.0 Å². The van der Waals surface area contributed by atoms with E-state index >= 15 is 4.39 Å². The van der Waals surface area contributed by atoms with Crippen molar-refractivity contribution in [2.24, 2.45) is 5.92 Å². The summed E-state index contributed by atoms with van der Waals surface area (Å²) in [4.78, 5) is 18.2. The smallest absolute Gasteiger partial charge is 0.243 e. The monoisotopic (exact) mass is 740 g/mol. The zero-order chi connectivity index (χ0) is 35.8. The summed E-state index contributed by atoms with van der Waals surface area (Å²) in [6.45, 7) is 5.60. The van der Waals surface area contributed by atoms with E-state index in [0.29, 0.717) is 28.3 Å². The molecule has 266 valence electrons. The molecule has 3 aromatic carbocycles. The first kappa shape index (κ1) is 36.5. The molecule has 1 saturated heterocycles. The van der Waals surface area contributed by atoms with Crippen LogP contribution in [-0.4, -0.2) is 58.4 Å². The Morgan fingerprint density at radius 1 is 1.02 bits per heavy atom. The highest BCUT2D eigenvalue weighted by atomic mass is 35.5.